The van der Waals surface area contributed by atoms with Crippen LogP contribution in [0.25, 0.3) is 5.76 Å². The van der Waals surface area contributed by atoms with Gasteiger partial charge in [0, 0.05) is 28.4 Å². The molecule has 6 nitrogen and oxygen atoms in total. The van der Waals surface area contributed by atoms with Crippen LogP contribution < -0.4 is 4.90 Å². The lowest BCUT2D eigenvalue weighted by Gasteiger charge is -2.24. The molecule has 1 heterocycles. The van der Waals surface area contributed by atoms with Crippen molar-refractivity contribution in [3.63, 3.8) is 0 Å². The Morgan fingerprint density at radius 1 is 1.09 bits per heavy atom. The standard InChI is InChI=1S/C16H11ClN2O4/c17-12-3-7-13(8-4-12)18-9-15(23-10-16(18)20)11-1-5-14(6-2-11)19(21)22/h1-10,20H. The minimum atomic E-state index is -0.467. The second-order valence-electron chi connectivity index (χ2n) is 4.74. The van der Waals surface area contributed by atoms with E-state index >= 15 is 0 Å². The van der Waals surface area contributed by atoms with Gasteiger partial charge in [0.25, 0.3) is 5.69 Å². The number of hydrogen-bond donors (Lipinski definition) is 1. The highest BCUT2D eigenvalue weighted by Crippen LogP contribution is 2.29. The number of ether oxygens (including phenoxy) is 1. The lowest BCUT2D eigenvalue weighted by molar-refractivity contribution is -0.384. The molecule has 0 radical (unpaired) electrons. The number of nitrogens with zero attached hydrogens (tertiary/aromatic N) is 2. The maximum atomic E-state index is 10.7. The Morgan fingerprint density at radius 3 is 2.35 bits per heavy atom. The summed E-state index contributed by atoms with van der Waals surface area (Å²) in [6.07, 6.45) is 2.80. The van der Waals surface area contributed by atoms with Gasteiger partial charge in [-0.1, -0.05) is 11.6 Å². The summed E-state index contributed by atoms with van der Waals surface area (Å²) in [5, 5.41) is 21.3. The smallest absolute Gasteiger partial charge is 0.269 e. The number of nitro benzene ring substituents is 1. The first-order valence-corrected chi connectivity index (χ1v) is 6.99. The molecule has 1 aliphatic rings. The van der Waals surface area contributed by atoms with Gasteiger partial charge in [-0.25, -0.2) is 0 Å². The summed E-state index contributed by atoms with van der Waals surface area (Å²) >= 11 is 5.86. The molecule has 1 aliphatic heterocycles. The Kier molecular flexibility index (Phi) is 3.91. The molecule has 1 N–H and O–H groups in total. The van der Waals surface area contributed by atoms with E-state index in [1.165, 1.54) is 23.3 Å². The van der Waals surface area contributed by atoms with Crippen molar-refractivity contribution in [3.05, 3.63) is 87.6 Å². The van der Waals surface area contributed by atoms with Gasteiger partial charge in [-0.3, -0.25) is 15.0 Å². The third-order valence-electron chi connectivity index (χ3n) is 3.25. The van der Waals surface area contributed by atoms with E-state index in [1.807, 2.05) is 0 Å². The summed E-state index contributed by atoms with van der Waals surface area (Å²) in [5.41, 5.74) is 1.35. The minimum absolute atomic E-state index is 0.00175. The van der Waals surface area contributed by atoms with Gasteiger partial charge in [0.1, 0.15) is 0 Å². The second-order valence-corrected chi connectivity index (χ2v) is 5.17. The Balaban J connectivity index is 1.92. The van der Waals surface area contributed by atoms with Crippen LogP contribution in [0.5, 0.6) is 0 Å². The third-order valence-corrected chi connectivity index (χ3v) is 3.50. The fourth-order valence-corrected chi connectivity index (χ4v) is 2.21. The van der Waals surface area contributed by atoms with Crippen LogP contribution in [0, 0.1) is 10.1 Å². The zero-order chi connectivity index (χ0) is 16.4. The molecule has 2 aromatic rings. The fraction of sp³-hybridized carbons (Fsp3) is 0. The molecule has 0 aromatic heterocycles. The van der Waals surface area contributed by atoms with E-state index in [0.717, 1.165) is 0 Å². The molecule has 23 heavy (non-hydrogen) atoms. The summed E-state index contributed by atoms with van der Waals surface area (Å²) in [4.78, 5) is 11.8. The predicted molar refractivity (Wildman–Crippen MR) is 86.8 cm³/mol. The van der Waals surface area contributed by atoms with E-state index in [-0.39, 0.29) is 11.6 Å². The number of non-ortho nitro benzene ring substituents is 1. The Morgan fingerprint density at radius 2 is 1.74 bits per heavy atom. The van der Waals surface area contributed by atoms with Crippen molar-refractivity contribution < 1.29 is 14.8 Å². The van der Waals surface area contributed by atoms with Gasteiger partial charge in [0.2, 0.25) is 5.88 Å². The van der Waals surface area contributed by atoms with Gasteiger partial charge in [-0.15, -0.1) is 0 Å². The molecule has 0 fully saturated rings. The molecular formula is C16H11ClN2O4. The predicted octanol–water partition coefficient (Wildman–Crippen LogP) is 4.44. The highest BCUT2D eigenvalue weighted by Gasteiger charge is 2.18. The van der Waals surface area contributed by atoms with Crippen molar-refractivity contribution in [1.82, 2.24) is 0 Å². The van der Waals surface area contributed by atoms with Crippen LogP contribution >= 0.6 is 11.6 Å². The molecule has 0 unspecified atom stereocenters. The van der Waals surface area contributed by atoms with Crippen LogP contribution in [0.2, 0.25) is 5.02 Å². The minimum Gasteiger partial charge on any atom is -0.492 e. The monoisotopic (exact) mass is 330 g/mol. The summed E-state index contributed by atoms with van der Waals surface area (Å²) < 4.78 is 5.36. The third kappa shape index (κ3) is 3.12. The molecule has 0 atom stereocenters. The Bertz CT molecular complexity index is 798. The normalized spacial score (nSPS) is 13.9. The highest BCUT2D eigenvalue weighted by atomic mass is 35.5. The van der Waals surface area contributed by atoms with Crippen molar-refractivity contribution in [1.29, 1.82) is 0 Å². The summed E-state index contributed by atoms with van der Waals surface area (Å²) in [5.74, 6) is 0.366. The van der Waals surface area contributed by atoms with Crippen LogP contribution in [-0.2, 0) is 4.74 Å². The lowest BCUT2D eigenvalue weighted by atomic mass is 10.1. The van der Waals surface area contributed by atoms with Crippen molar-refractivity contribution in [2.75, 3.05) is 4.90 Å². The van der Waals surface area contributed by atoms with Gasteiger partial charge < -0.3 is 9.84 Å². The number of anilines is 1. The molecule has 0 amide bonds. The molecule has 2 aromatic carbocycles. The maximum Gasteiger partial charge on any atom is 0.269 e. The zero-order valence-electron chi connectivity index (χ0n) is 11.7. The van der Waals surface area contributed by atoms with Gasteiger partial charge in [-0.2, -0.15) is 0 Å². The molecule has 0 aliphatic carbocycles. The van der Waals surface area contributed by atoms with Crippen LogP contribution in [0.15, 0.2) is 66.9 Å². The molecule has 0 saturated heterocycles. The molecule has 3 rings (SSSR count). The van der Waals surface area contributed by atoms with Crippen molar-refractivity contribution in [2.24, 2.45) is 0 Å². The van der Waals surface area contributed by atoms with E-state index in [2.05, 4.69) is 0 Å². The van der Waals surface area contributed by atoms with Gasteiger partial charge in [-0.05, 0) is 36.4 Å². The average Bonchev–Trinajstić information content (AvgIpc) is 2.56. The van der Waals surface area contributed by atoms with Crippen LogP contribution in [0.1, 0.15) is 5.56 Å². The summed E-state index contributed by atoms with van der Waals surface area (Å²) in [6, 6.07) is 12.9. The van der Waals surface area contributed by atoms with Gasteiger partial charge in [0.05, 0.1) is 11.1 Å². The molecule has 116 valence electrons. The Hall–Kier alpha value is -2.99. The Labute approximate surface area is 136 Å². The number of rotatable bonds is 3. The lowest BCUT2D eigenvalue weighted by Crippen LogP contribution is -2.19. The van der Waals surface area contributed by atoms with Crippen LogP contribution in [-0.4, -0.2) is 10.0 Å². The number of hydrogen-bond acceptors (Lipinski definition) is 5. The summed E-state index contributed by atoms with van der Waals surface area (Å²) in [7, 11) is 0. The fourth-order valence-electron chi connectivity index (χ4n) is 2.09. The van der Waals surface area contributed by atoms with Gasteiger partial charge in [0.15, 0.2) is 12.0 Å². The van der Waals surface area contributed by atoms with E-state index in [4.69, 9.17) is 16.3 Å². The van der Waals surface area contributed by atoms with E-state index in [0.29, 0.717) is 22.0 Å². The highest BCUT2D eigenvalue weighted by molar-refractivity contribution is 6.30. The first-order chi connectivity index (χ1) is 11.0. The van der Waals surface area contributed by atoms with Crippen molar-refractivity contribution in [2.45, 2.75) is 0 Å². The number of aliphatic hydroxyl groups is 1. The number of halogens is 1. The molecule has 0 bridgehead atoms. The van der Waals surface area contributed by atoms with Crippen molar-refractivity contribution in [3.8, 4) is 0 Å². The molecular weight excluding hydrogens is 320 g/mol. The quantitative estimate of drug-likeness (QED) is 0.665. The largest absolute Gasteiger partial charge is 0.492 e. The number of benzene rings is 2. The average molecular weight is 331 g/mol. The second kappa shape index (κ2) is 6.02. The van der Waals surface area contributed by atoms with Crippen LogP contribution in [0.4, 0.5) is 11.4 Å². The number of aliphatic hydroxyl groups excluding tert-OH is 1. The van der Waals surface area contributed by atoms with E-state index in [9.17, 15) is 15.2 Å². The topological polar surface area (TPSA) is 75.8 Å². The van der Waals surface area contributed by atoms with Gasteiger partial charge >= 0.3 is 0 Å². The van der Waals surface area contributed by atoms with Crippen LogP contribution in [0.3, 0.4) is 0 Å². The number of nitro groups is 1. The van der Waals surface area contributed by atoms with E-state index < -0.39 is 4.92 Å². The van der Waals surface area contributed by atoms with E-state index in [1.54, 1.807) is 42.6 Å². The zero-order valence-corrected chi connectivity index (χ0v) is 12.5. The first-order valence-electron chi connectivity index (χ1n) is 6.62. The molecule has 7 heteroatoms. The summed E-state index contributed by atoms with van der Waals surface area (Å²) in [6.45, 7) is 0. The SMILES string of the molecule is O=[N+]([O-])c1ccc(C2=CN(c3ccc(Cl)cc3)C(O)=CO2)cc1. The first kappa shape index (κ1) is 14.9. The van der Waals surface area contributed by atoms with Crippen molar-refractivity contribution >= 4 is 28.7 Å². The molecule has 0 spiro atoms. The maximum absolute atomic E-state index is 10.7. The molecule has 0 saturated carbocycles.